The van der Waals surface area contributed by atoms with E-state index >= 15 is 0 Å². The standard InChI is InChI=1S/C14H17BrO3S/c1-8-5-11(6-9(2)17-8)18-14(16)12-4-3-10(15)7-13(12)19/h3-4,7-9,11,19H,5-6H2,1-2H3. The molecule has 1 saturated heterocycles. The first kappa shape index (κ1) is 14.9. The van der Waals surface area contributed by atoms with Gasteiger partial charge in [-0.25, -0.2) is 4.79 Å². The Kier molecular flexibility index (Phi) is 4.92. The van der Waals surface area contributed by atoms with Gasteiger partial charge in [-0.1, -0.05) is 15.9 Å². The highest BCUT2D eigenvalue weighted by Gasteiger charge is 2.27. The lowest BCUT2D eigenvalue weighted by Crippen LogP contribution is -2.35. The molecular formula is C14H17BrO3S. The van der Waals surface area contributed by atoms with E-state index in [0.29, 0.717) is 10.5 Å². The van der Waals surface area contributed by atoms with Crippen molar-refractivity contribution in [2.45, 2.75) is 49.9 Å². The summed E-state index contributed by atoms with van der Waals surface area (Å²) in [7, 11) is 0. The minimum atomic E-state index is -0.316. The first-order valence-electron chi connectivity index (χ1n) is 6.30. The molecule has 0 bridgehead atoms. The van der Waals surface area contributed by atoms with Gasteiger partial charge in [0.25, 0.3) is 0 Å². The first-order chi connectivity index (χ1) is 8.95. The van der Waals surface area contributed by atoms with Crippen LogP contribution in [-0.4, -0.2) is 24.3 Å². The molecule has 0 amide bonds. The molecule has 0 aromatic heterocycles. The van der Waals surface area contributed by atoms with Gasteiger partial charge in [0.2, 0.25) is 0 Å². The highest BCUT2D eigenvalue weighted by molar-refractivity contribution is 9.10. The van der Waals surface area contributed by atoms with Crippen LogP contribution in [0.5, 0.6) is 0 Å². The molecule has 0 saturated carbocycles. The Balaban J connectivity index is 2.04. The summed E-state index contributed by atoms with van der Waals surface area (Å²) in [5.74, 6) is -0.316. The van der Waals surface area contributed by atoms with E-state index in [4.69, 9.17) is 9.47 Å². The van der Waals surface area contributed by atoms with Crippen molar-refractivity contribution in [1.29, 1.82) is 0 Å². The van der Waals surface area contributed by atoms with Crippen molar-refractivity contribution in [3.05, 3.63) is 28.2 Å². The Labute approximate surface area is 127 Å². The molecule has 0 radical (unpaired) electrons. The zero-order valence-electron chi connectivity index (χ0n) is 10.9. The van der Waals surface area contributed by atoms with E-state index in [2.05, 4.69) is 28.6 Å². The summed E-state index contributed by atoms with van der Waals surface area (Å²) in [6, 6.07) is 5.32. The maximum absolute atomic E-state index is 12.1. The number of rotatable bonds is 2. The summed E-state index contributed by atoms with van der Waals surface area (Å²) in [6.07, 6.45) is 1.66. The molecule has 0 N–H and O–H groups in total. The van der Waals surface area contributed by atoms with Gasteiger partial charge in [0.1, 0.15) is 6.10 Å². The minimum absolute atomic E-state index is 0.0809. The number of esters is 1. The van der Waals surface area contributed by atoms with Gasteiger partial charge in [-0.3, -0.25) is 0 Å². The Bertz CT molecular complexity index is 468. The third-order valence-electron chi connectivity index (χ3n) is 3.11. The topological polar surface area (TPSA) is 35.5 Å². The largest absolute Gasteiger partial charge is 0.459 e. The van der Waals surface area contributed by atoms with Gasteiger partial charge in [-0.05, 0) is 32.0 Å². The second kappa shape index (κ2) is 6.29. The van der Waals surface area contributed by atoms with Gasteiger partial charge < -0.3 is 9.47 Å². The number of ether oxygens (including phenoxy) is 2. The number of hydrogen-bond acceptors (Lipinski definition) is 4. The number of carbonyl (C=O) groups excluding carboxylic acids is 1. The van der Waals surface area contributed by atoms with Crippen LogP contribution in [0, 0.1) is 0 Å². The number of benzene rings is 1. The van der Waals surface area contributed by atoms with Crippen LogP contribution in [0.4, 0.5) is 0 Å². The highest BCUT2D eigenvalue weighted by atomic mass is 79.9. The van der Waals surface area contributed by atoms with E-state index in [-0.39, 0.29) is 24.3 Å². The molecule has 2 rings (SSSR count). The Morgan fingerprint density at radius 1 is 1.37 bits per heavy atom. The summed E-state index contributed by atoms with van der Waals surface area (Å²) in [5, 5.41) is 0. The smallest absolute Gasteiger partial charge is 0.339 e. The monoisotopic (exact) mass is 344 g/mol. The molecule has 1 heterocycles. The quantitative estimate of drug-likeness (QED) is 0.653. The molecule has 1 aromatic carbocycles. The molecule has 2 unspecified atom stereocenters. The van der Waals surface area contributed by atoms with E-state index < -0.39 is 0 Å². The van der Waals surface area contributed by atoms with E-state index in [1.807, 2.05) is 19.9 Å². The molecule has 0 spiro atoms. The molecule has 1 fully saturated rings. The van der Waals surface area contributed by atoms with Crippen LogP contribution in [0.3, 0.4) is 0 Å². The van der Waals surface area contributed by atoms with E-state index in [1.165, 1.54) is 0 Å². The SMILES string of the molecule is CC1CC(OC(=O)c2ccc(Br)cc2S)CC(C)O1. The Morgan fingerprint density at radius 3 is 2.58 bits per heavy atom. The predicted molar refractivity (Wildman–Crippen MR) is 79.8 cm³/mol. The molecule has 1 aliphatic heterocycles. The lowest BCUT2D eigenvalue weighted by Gasteiger charge is -2.31. The number of hydrogen-bond donors (Lipinski definition) is 1. The fourth-order valence-electron chi connectivity index (χ4n) is 2.33. The molecule has 5 heteroatoms. The summed E-state index contributed by atoms with van der Waals surface area (Å²) >= 11 is 7.65. The van der Waals surface area contributed by atoms with Crippen molar-refractivity contribution in [3.63, 3.8) is 0 Å². The van der Waals surface area contributed by atoms with Gasteiger partial charge in [0.15, 0.2) is 0 Å². The number of thiol groups is 1. The van der Waals surface area contributed by atoms with Crippen molar-refractivity contribution < 1.29 is 14.3 Å². The first-order valence-corrected chi connectivity index (χ1v) is 7.54. The Hall–Kier alpha value is -0.520. The fraction of sp³-hybridized carbons (Fsp3) is 0.500. The molecule has 3 nitrogen and oxygen atoms in total. The average Bonchev–Trinajstić information content (AvgIpc) is 2.26. The number of carbonyl (C=O) groups is 1. The van der Waals surface area contributed by atoms with Crippen LogP contribution in [-0.2, 0) is 9.47 Å². The summed E-state index contributed by atoms with van der Waals surface area (Å²) in [4.78, 5) is 12.7. The van der Waals surface area contributed by atoms with Crippen molar-refractivity contribution in [3.8, 4) is 0 Å². The Morgan fingerprint density at radius 2 is 2.00 bits per heavy atom. The zero-order valence-corrected chi connectivity index (χ0v) is 13.4. The van der Waals surface area contributed by atoms with Gasteiger partial charge in [-0.2, -0.15) is 0 Å². The lowest BCUT2D eigenvalue weighted by atomic mass is 10.0. The predicted octanol–water partition coefficient (Wildman–Crippen LogP) is 3.85. The minimum Gasteiger partial charge on any atom is -0.459 e. The van der Waals surface area contributed by atoms with Crippen molar-refractivity contribution in [2.75, 3.05) is 0 Å². The second-order valence-electron chi connectivity index (χ2n) is 4.92. The van der Waals surface area contributed by atoms with Crippen LogP contribution >= 0.6 is 28.6 Å². The maximum atomic E-state index is 12.1. The van der Waals surface area contributed by atoms with Gasteiger partial charge in [0.05, 0.1) is 17.8 Å². The second-order valence-corrected chi connectivity index (χ2v) is 6.31. The summed E-state index contributed by atoms with van der Waals surface area (Å²) < 4.78 is 12.1. The van der Waals surface area contributed by atoms with Crippen molar-refractivity contribution >= 4 is 34.5 Å². The van der Waals surface area contributed by atoms with Crippen LogP contribution < -0.4 is 0 Å². The normalized spacial score (nSPS) is 27.1. The van der Waals surface area contributed by atoms with Crippen LogP contribution in [0.1, 0.15) is 37.0 Å². The van der Waals surface area contributed by atoms with E-state index in [0.717, 1.165) is 17.3 Å². The lowest BCUT2D eigenvalue weighted by molar-refractivity contribution is -0.0856. The maximum Gasteiger partial charge on any atom is 0.339 e. The molecule has 104 valence electrons. The third kappa shape index (κ3) is 3.97. The number of halogens is 1. The van der Waals surface area contributed by atoms with Crippen LogP contribution in [0.15, 0.2) is 27.6 Å². The van der Waals surface area contributed by atoms with Gasteiger partial charge in [-0.15, -0.1) is 12.6 Å². The molecule has 2 atom stereocenters. The van der Waals surface area contributed by atoms with Crippen LogP contribution in [0.2, 0.25) is 0 Å². The highest BCUT2D eigenvalue weighted by Crippen LogP contribution is 2.25. The molecule has 19 heavy (non-hydrogen) atoms. The van der Waals surface area contributed by atoms with Crippen molar-refractivity contribution in [1.82, 2.24) is 0 Å². The molecule has 1 aromatic rings. The van der Waals surface area contributed by atoms with E-state index in [1.54, 1.807) is 12.1 Å². The third-order valence-corrected chi connectivity index (χ3v) is 3.97. The average molecular weight is 345 g/mol. The molecule has 0 aliphatic carbocycles. The molecular weight excluding hydrogens is 328 g/mol. The summed E-state index contributed by atoms with van der Waals surface area (Å²) in [6.45, 7) is 4.00. The van der Waals surface area contributed by atoms with E-state index in [9.17, 15) is 4.79 Å². The summed E-state index contributed by atoms with van der Waals surface area (Å²) in [5.41, 5.74) is 0.498. The van der Waals surface area contributed by atoms with Gasteiger partial charge >= 0.3 is 5.97 Å². The zero-order chi connectivity index (χ0) is 14.0. The van der Waals surface area contributed by atoms with Gasteiger partial charge in [0, 0.05) is 22.2 Å². The molecule has 1 aliphatic rings. The van der Waals surface area contributed by atoms with Crippen molar-refractivity contribution in [2.24, 2.45) is 0 Å². The van der Waals surface area contributed by atoms with Crippen LogP contribution in [0.25, 0.3) is 0 Å². The fourth-order valence-corrected chi connectivity index (χ4v) is 3.18.